The lowest BCUT2D eigenvalue weighted by atomic mass is 9.99. The second-order valence-corrected chi connectivity index (χ2v) is 8.11. The fraction of sp³-hybridized carbons (Fsp3) is 0.250. The normalized spacial score (nSPS) is 13.9. The minimum Gasteiger partial charge on any atom is -0.509 e. The number of benzene rings is 2. The van der Waals surface area contributed by atoms with Crippen molar-refractivity contribution in [1.29, 1.82) is 0 Å². The van der Waals surface area contributed by atoms with E-state index in [0.717, 1.165) is 9.87 Å². The summed E-state index contributed by atoms with van der Waals surface area (Å²) in [5.41, 5.74) is 1.36. The lowest BCUT2D eigenvalue weighted by Gasteiger charge is -2.31. The van der Waals surface area contributed by atoms with Crippen molar-refractivity contribution >= 4 is 27.3 Å². The van der Waals surface area contributed by atoms with Crippen molar-refractivity contribution in [2.24, 2.45) is 0 Å². The monoisotopic (exact) mass is 403 g/mol. The quantitative estimate of drug-likeness (QED) is 0.772. The topological polar surface area (TPSA) is 93.1 Å². The highest BCUT2D eigenvalue weighted by Gasteiger charge is 2.36. The number of sulfonamides is 1. The second-order valence-electron chi connectivity index (χ2n) is 6.25. The van der Waals surface area contributed by atoms with E-state index in [1.165, 1.54) is 25.3 Å². The molecule has 2 aromatic rings. The highest BCUT2D eigenvalue weighted by Crippen LogP contribution is 2.39. The van der Waals surface area contributed by atoms with Gasteiger partial charge in [-0.1, -0.05) is 17.7 Å². The molecule has 0 atom stereocenters. The van der Waals surface area contributed by atoms with Crippen LogP contribution >= 0.6 is 0 Å². The Morgan fingerprint density at radius 3 is 2.46 bits per heavy atom. The van der Waals surface area contributed by atoms with E-state index in [-0.39, 0.29) is 40.6 Å². The summed E-state index contributed by atoms with van der Waals surface area (Å²) in [6.45, 7) is 3.27. The molecule has 1 aliphatic rings. The lowest BCUT2D eigenvalue weighted by Crippen LogP contribution is -2.37. The van der Waals surface area contributed by atoms with Crippen LogP contribution < -0.4 is 9.04 Å². The van der Waals surface area contributed by atoms with Crippen molar-refractivity contribution in [1.82, 2.24) is 0 Å². The van der Waals surface area contributed by atoms with E-state index >= 15 is 0 Å². The first-order valence-corrected chi connectivity index (χ1v) is 10.1. The summed E-state index contributed by atoms with van der Waals surface area (Å²) >= 11 is 0. The molecule has 148 valence electrons. The SMILES string of the molecule is CCOC(=O)C1=C(O)CN(S(=O)(=O)c2ccc(C)cc2)c2ccc(OC)cc21. The van der Waals surface area contributed by atoms with Crippen LogP contribution in [-0.2, 0) is 19.6 Å². The Kier molecular flexibility index (Phi) is 5.33. The molecule has 0 saturated heterocycles. The number of aryl methyl sites for hydroxylation is 1. The van der Waals surface area contributed by atoms with Crippen LogP contribution in [0.25, 0.3) is 5.57 Å². The summed E-state index contributed by atoms with van der Waals surface area (Å²) < 4.78 is 37.7. The van der Waals surface area contributed by atoms with Gasteiger partial charge in [0.25, 0.3) is 10.0 Å². The number of aliphatic hydroxyl groups excluding tert-OH is 1. The maximum atomic E-state index is 13.2. The maximum Gasteiger partial charge on any atom is 0.342 e. The van der Waals surface area contributed by atoms with Gasteiger partial charge in [0.2, 0.25) is 0 Å². The summed E-state index contributed by atoms with van der Waals surface area (Å²) in [6.07, 6.45) is 0. The predicted molar refractivity (Wildman–Crippen MR) is 105 cm³/mol. The Morgan fingerprint density at radius 2 is 1.86 bits per heavy atom. The molecule has 7 nitrogen and oxygen atoms in total. The number of rotatable bonds is 5. The minimum absolute atomic E-state index is 0.0638. The van der Waals surface area contributed by atoms with Crippen LogP contribution in [0.15, 0.2) is 53.1 Å². The van der Waals surface area contributed by atoms with Crippen molar-refractivity contribution in [3.05, 3.63) is 59.4 Å². The molecule has 1 aliphatic heterocycles. The summed E-state index contributed by atoms with van der Waals surface area (Å²) in [6, 6.07) is 11.1. The molecule has 0 spiro atoms. The fourth-order valence-electron chi connectivity index (χ4n) is 3.00. The van der Waals surface area contributed by atoms with E-state index in [1.54, 1.807) is 31.2 Å². The number of fused-ring (bicyclic) bond motifs is 1. The van der Waals surface area contributed by atoms with Gasteiger partial charge >= 0.3 is 5.97 Å². The Morgan fingerprint density at radius 1 is 1.18 bits per heavy atom. The molecule has 0 fully saturated rings. The van der Waals surface area contributed by atoms with E-state index in [4.69, 9.17) is 9.47 Å². The first kappa shape index (κ1) is 19.8. The highest BCUT2D eigenvalue weighted by molar-refractivity contribution is 7.92. The van der Waals surface area contributed by atoms with Gasteiger partial charge in [0.15, 0.2) is 0 Å². The Labute approximate surface area is 163 Å². The van der Waals surface area contributed by atoms with Crippen LogP contribution in [0, 0.1) is 6.92 Å². The van der Waals surface area contributed by atoms with Crippen molar-refractivity contribution in [2.75, 3.05) is 24.6 Å². The molecule has 1 N–H and O–H groups in total. The average Bonchev–Trinajstić information content (AvgIpc) is 2.67. The van der Waals surface area contributed by atoms with Crippen molar-refractivity contribution in [3.63, 3.8) is 0 Å². The van der Waals surface area contributed by atoms with Crippen LogP contribution in [0.4, 0.5) is 5.69 Å². The Balaban J connectivity index is 2.17. The van der Waals surface area contributed by atoms with Crippen molar-refractivity contribution in [3.8, 4) is 5.75 Å². The molecule has 0 amide bonds. The van der Waals surface area contributed by atoms with E-state index in [2.05, 4.69) is 0 Å². The van der Waals surface area contributed by atoms with Crippen LogP contribution in [0.3, 0.4) is 0 Å². The van der Waals surface area contributed by atoms with Crippen molar-refractivity contribution < 1.29 is 27.8 Å². The molecule has 0 aromatic heterocycles. The first-order valence-electron chi connectivity index (χ1n) is 8.66. The molecule has 0 bridgehead atoms. The van der Waals surface area contributed by atoms with Crippen LogP contribution in [0.1, 0.15) is 18.1 Å². The second kappa shape index (κ2) is 7.55. The largest absolute Gasteiger partial charge is 0.509 e. The van der Waals surface area contributed by atoms with Crippen LogP contribution in [-0.4, -0.2) is 39.8 Å². The number of nitrogens with zero attached hydrogens (tertiary/aromatic N) is 1. The van der Waals surface area contributed by atoms with Gasteiger partial charge in [-0.3, -0.25) is 4.31 Å². The Bertz CT molecular complexity index is 1040. The molecule has 0 radical (unpaired) electrons. The van der Waals surface area contributed by atoms with Gasteiger partial charge in [-0.25, -0.2) is 13.2 Å². The smallest absolute Gasteiger partial charge is 0.342 e. The number of methoxy groups -OCH3 is 1. The molecular formula is C20H21NO6S. The molecule has 1 heterocycles. The van der Waals surface area contributed by atoms with Gasteiger partial charge in [-0.2, -0.15) is 0 Å². The third-order valence-corrected chi connectivity index (χ3v) is 6.19. The summed E-state index contributed by atoms with van der Waals surface area (Å²) in [7, 11) is -2.50. The number of anilines is 1. The van der Waals surface area contributed by atoms with Crippen molar-refractivity contribution in [2.45, 2.75) is 18.7 Å². The highest BCUT2D eigenvalue weighted by atomic mass is 32.2. The fourth-order valence-corrected chi connectivity index (χ4v) is 4.44. The molecule has 2 aromatic carbocycles. The summed E-state index contributed by atoms with van der Waals surface area (Å²) in [4.78, 5) is 12.5. The zero-order chi connectivity index (χ0) is 20.5. The number of hydrogen-bond acceptors (Lipinski definition) is 6. The minimum atomic E-state index is -3.96. The molecule has 0 saturated carbocycles. The summed E-state index contributed by atoms with van der Waals surface area (Å²) in [5.74, 6) is -0.681. The number of esters is 1. The molecule has 0 unspecified atom stereocenters. The van der Waals surface area contributed by atoms with Gasteiger partial charge < -0.3 is 14.6 Å². The van der Waals surface area contributed by atoms with E-state index < -0.39 is 16.0 Å². The number of ether oxygens (including phenoxy) is 2. The standard InChI is InChI=1S/C20H21NO6S/c1-4-27-20(23)19-16-11-14(26-3)7-10-17(16)21(12-18(19)22)28(24,25)15-8-5-13(2)6-9-15/h5-11,22H,4,12H2,1-3H3. The van der Waals surface area contributed by atoms with Gasteiger partial charge in [-0.05, 0) is 44.2 Å². The Hall–Kier alpha value is -3.00. The molecule has 3 rings (SSSR count). The van der Waals surface area contributed by atoms with Crippen LogP contribution in [0.5, 0.6) is 5.75 Å². The number of aliphatic hydroxyl groups is 1. The number of carbonyl (C=O) groups excluding carboxylic acids is 1. The average molecular weight is 403 g/mol. The molecule has 0 aliphatic carbocycles. The third kappa shape index (κ3) is 3.43. The van der Waals surface area contributed by atoms with E-state index in [0.29, 0.717) is 5.75 Å². The van der Waals surface area contributed by atoms with E-state index in [1.807, 2.05) is 6.92 Å². The predicted octanol–water partition coefficient (Wildman–Crippen LogP) is 3.04. The lowest BCUT2D eigenvalue weighted by molar-refractivity contribution is -0.136. The number of hydrogen-bond donors (Lipinski definition) is 1. The van der Waals surface area contributed by atoms with Crippen LogP contribution in [0.2, 0.25) is 0 Å². The van der Waals surface area contributed by atoms with Gasteiger partial charge in [0, 0.05) is 5.56 Å². The van der Waals surface area contributed by atoms with Gasteiger partial charge in [0.1, 0.15) is 17.1 Å². The third-order valence-electron chi connectivity index (χ3n) is 4.41. The zero-order valence-corrected chi connectivity index (χ0v) is 16.6. The molecule has 28 heavy (non-hydrogen) atoms. The molecular weight excluding hydrogens is 382 g/mol. The summed E-state index contributed by atoms with van der Waals surface area (Å²) in [5, 5.41) is 10.5. The van der Waals surface area contributed by atoms with E-state index in [9.17, 15) is 18.3 Å². The molecule has 8 heteroatoms. The maximum absolute atomic E-state index is 13.2. The van der Waals surface area contributed by atoms with Gasteiger partial charge in [-0.15, -0.1) is 0 Å². The van der Waals surface area contributed by atoms with Gasteiger partial charge in [0.05, 0.1) is 30.8 Å². The zero-order valence-electron chi connectivity index (χ0n) is 15.8. The number of carbonyl (C=O) groups is 1. The first-order chi connectivity index (χ1) is 13.3.